The molecule has 4 amide bonds. The molecule has 2 saturated heterocycles. The highest BCUT2D eigenvalue weighted by Gasteiger charge is 2.50. The summed E-state index contributed by atoms with van der Waals surface area (Å²) >= 11 is 1.42. The zero-order valence-corrected chi connectivity index (χ0v) is 17.9. The minimum Gasteiger partial charge on any atom is -0.355 e. The molecule has 4 atom stereocenters. The van der Waals surface area contributed by atoms with E-state index in [0.717, 1.165) is 17.7 Å². The highest BCUT2D eigenvalue weighted by atomic mass is 32.2. The molecule has 0 radical (unpaired) electrons. The summed E-state index contributed by atoms with van der Waals surface area (Å²) in [7, 11) is 3.20. The summed E-state index contributed by atoms with van der Waals surface area (Å²) in [6.07, 6.45) is 1.18. The Bertz CT molecular complexity index is 747. The van der Waals surface area contributed by atoms with Crippen molar-refractivity contribution in [1.29, 1.82) is 0 Å². The molecule has 2 heterocycles. The van der Waals surface area contributed by atoms with Crippen LogP contribution >= 0.6 is 11.8 Å². The number of hydrogen-bond acceptors (Lipinski definition) is 6. The zero-order chi connectivity index (χ0) is 21.0. The van der Waals surface area contributed by atoms with Gasteiger partial charge < -0.3 is 10.2 Å². The fraction of sp³-hybridized carbons (Fsp3) is 0.550. The van der Waals surface area contributed by atoms with E-state index in [1.807, 2.05) is 37.3 Å². The van der Waals surface area contributed by atoms with E-state index in [9.17, 15) is 14.4 Å². The van der Waals surface area contributed by atoms with Crippen LogP contribution in [0.1, 0.15) is 18.9 Å². The van der Waals surface area contributed by atoms with Crippen LogP contribution in [0.25, 0.3) is 0 Å². The van der Waals surface area contributed by atoms with Gasteiger partial charge in [-0.15, -0.1) is 11.8 Å². The normalized spacial score (nSPS) is 27.0. The smallest absolute Gasteiger partial charge is 0.327 e. The molecule has 2 aliphatic heterocycles. The average molecular weight is 420 g/mol. The molecule has 0 bridgehead atoms. The number of hydrogen-bond donors (Lipinski definition) is 3. The van der Waals surface area contributed by atoms with E-state index in [2.05, 4.69) is 16.0 Å². The average Bonchev–Trinajstić information content (AvgIpc) is 2.74. The fourth-order valence-corrected chi connectivity index (χ4v) is 4.88. The first-order chi connectivity index (χ1) is 13.9. The Hall–Kier alpha value is -2.10. The van der Waals surface area contributed by atoms with Crippen molar-refractivity contribution in [3.63, 3.8) is 0 Å². The molecule has 0 aromatic heterocycles. The van der Waals surface area contributed by atoms with Gasteiger partial charge in [0.25, 0.3) is 0 Å². The van der Waals surface area contributed by atoms with Crippen molar-refractivity contribution in [2.75, 3.05) is 26.4 Å². The maximum absolute atomic E-state index is 12.8. The second kappa shape index (κ2) is 9.60. The summed E-state index contributed by atoms with van der Waals surface area (Å²) in [5, 5.41) is 9.44. The van der Waals surface area contributed by atoms with Crippen LogP contribution in [-0.2, 0) is 16.0 Å². The standard InChI is InChI=1S/C20H29N5O3S/c1-4-14-22-17-16(19(27)25(3)20(28)24(17)2)18(23-14)29-12-15(26)21-11-10-13-8-6-5-7-9-13/h5-9,14,16-18,22-23H,4,10-12H2,1-3H3,(H,21,26). The lowest BCUT2D eigenvalue weighted by Crippen LogP contribution is -2.74. The summed E-state index contributed by atoms with van der Waals surface area (Å²) in [5.74, 6) is -0.486. The SMILES string of the molecule is CCC1NC(SCC(=O)NCCc2ccccc2)C2C(=O)N(C)C(=O)N(C)C2N1. The monoisotopic (exact) mass is 419 g/mol. The van der Waals surface area contributed by atoms with E-state index >= 15 is 0 Å². The first kappa shape index (κ1) is 21.6. The Labute approximate surface area is 175 Å². The molecule has 2 fully saturated rings. The largest absolute Gasteiger partial charge is 0.355 e. The third kappa shape index (κ3) is 4.91. The van der Waals surface area contributed by atoms with Gasteiger partial charge in [-0.3, -0.25) is 25.1 Å². The lowest BCUT2D eigenvalue weighted by molar-refractivity contribution is -0.140. The third-order valence-electron chi connectivity index (χ3n) is 5.41. The first-order valence-electron chi connectivity index (χ1n) is 9.91. The molecule has 1 aromatic rings. The molecule has 0 saturated carbocycles. The summed E-state index contributed by atoms with van der Waals surface area (Å²) in [4.78, 5) is 40.1. The van der Waals surface area contributed by atoms with Gasteiger partial charge in [0.05, 0.1) is 29.4 Å². The van der Waals surface area contributed by atoms with E-state index in [0.29, 0.717) is 6.54 Å². The van der Waals surface area contributed by atoms with Crippen molar-refractivity contribution in [2.45, 2.75) is 37.5 Å². The Balaban J connectivity index is 1.57. The molecular weight excluding hydrogens is 390 g/mol. The Morgan fingerprint density at radius 2 is 1.90 bits per heavy atom. The Morgan fingerprint density at radius 3 is 2.59 bits per heavy atom. The van der Waals surface area contributed by atoms with Crippen LogP contribution in [0.3, 0.4) is 0 Å². The van der Waals surface area contributed by atoms with Gasteiger partial charge in [0, 0.05) is 20.6 Å². The molecule has 2 aliphatic rings. The topological polar surface area (TPSA) is 93.8 Å². The summed E-state index contributed by atoms with van der Waals surface area (Å²) in [5.41, 5.74) is 1.18. The van der Waals surface area contributed by atoms with Gasteiger partial charge in [-0.25, -0.2) is 4.79 Å². The molecule has 4 unspecified atom stereocenters. The number of carbonyl (C=O) groups excluding carboxylic acids is 3. The molecule has 8 nitrogen and oxygen atoms in total. The zero-order valence-electron chi connectivity index (χ0n) is 17.1. The highest BCUT2D eigenvalue weighted by Crippen LogP contribution is 2.31. The first-order valence-corrected chi connectivity index (χ1v) is 11.0. The van der Waals surface area contributed by atoms with E-state index in [-0.39, 0.29) is 41.3 Å². The van der Waals surface area contributed by atoms with Crippen LogP contribution in [0.2, 0.25) is 0 Å². The number of thioether (sulfide) groups is 1. The number of fused-ring (bicyclic) bond motifs is 1. The number of benzene rings is 1. The van der Waals surface area contributed by atoms with E-state index in [1.54, 1.807) is 11.9 Å². The number of imide groups is 1. The maximum atomic E-state index is 12.8. The molecule has 9 heteroatoms. The van der Waals surface area contributed by atoms with Gasteiger partial charge >= 0.3 is 6.03 Å². The van der Waals surface area contributed by atoms with Gasteiger partial charge in [0.15, 0.2) is 0 Å². The van der Waals surface area contributed by atoms with Gasteiger partial charge in [0.2, 0.25) is 11.8 Å². The third-order valence-corrected chi connectivity index (χ3v) is 6.62. The van der Waals surface area contributed by atoms with Crippen molar-refractivity contribution in [2.24, 2.45) is 5.92 Å². The van der Waals surface area contributed by atoms with Crippen molar-refractivity contribution < 1.29 is 14.4 Å². The van der Waals surface area contributed by atoms with Gasteiger partial charge in [0.1, 0.15) is 0 Å². The highest BCUT2D eigenvalue weighted by molar-refractivity contribution is 8.00. The van der Waals surface area contributed by atoms with Crippen LogP contribution in [0.4, 0.5) is 4.79 Å². The number of rotatable bonds is 7. The summed E-state index contributed by atoms with van der Waals surface area (Å²) in [6, 6.07) is 9.69. The Morgan fingerprint density at radius 1 is 1.17 bits per heavy atom. The minimum absolute atomic E-state index is 0.0265. The number of nitrogens with one attached hydrogen (secondary N) is 3. The number of nitrogens with zero attached hydrogens (tertiary/aromatic N) is 2. The molecular formula is C20H29N5O3S. The molecule has 158 valence electrons. The fourth-order valence-electron chi connectivity index (χ4n) is 3.71. The summed E-state index contributed by atoms with van der Waals surface area (Å²) < 4.78 is 0. The molecule has 0 aliphatic carbocycles. The van der Waals surface area contributed by atoms with Crippen LogP contribution in [0.15, 0.2) is 30.3 Å². The van der Waals surface area contributed by atoms with Crippen molar-refractivity contribution in [3.8, 4) is 0 Å². The predicted octanol–water partition coefficient (Wildman–Crippen LogP) is 0.800. The molecule has 1 aromatic carbocycles. The minimum atomic E-state index is -0.451. The van der Waals surface area contributed by atoms with E-state index < -0.39 is 5.92 Å². The van der Waals surface area contributed by atoms with Crippen LogP contribution in [0.5, 0.6) is 0 Å². The lowest BCUT2D eigenvalue weighted by atomic mass is 9.97. The second-order valence-electron chi connectivity index (χ2n) is 7.37. The lowest BCUT2D eigenvalue weighted by Gasteiger charge is -2.50. The van der Waals surface area contributed by atoms with Gasteiger partial charge in [-0.05, 0) is 18.4 Å². The number of amides is 4. The van der Waals surface area contributed by atoms with E-state index in [1.165, 1.54) is 24.4 Å². The number of carbonyl (C=O) groups is 3. The van der Waals surface area contributed by atoms with Crippen molar-refractivity contribution >= 4 is 29.6 Å². The quantitative estimate of drug-likeness (QED) is 0.605. The van der Waals surface area contributed by atoms with Crippen molar-refractivity contribution in [1.82, 2.24) is 25.8 Å². The maximum Gasteiger partial charge on any atom is 0.327 e. The van der Waals surface area contributed by atoms with Gasteiger partial charge in [-0.1, -0.05) is 37.3 Å². The second-order valence-corrected chi connectivity index (χ2v) is 8.50. The molecule has 29 heavy (non-hydrogen) atoms. The number of urea groups is 1. The van der Waals surface area contributed by atoms with Crippen molar-refractivity contribution in [3.05, 3.63) is 35.9 Å². The summed E-state index contributed by atoms with van der Waals surface area (Å²) in [6.45, 7) is 2.60. The van der Waals surface area contributed by atoms with Crippen LogP contribution in [0, 0.1) is 5.92 Å². The molecule has 3 N–H and O–H groups in total. The van der Waals surface area contributed by atoms with E-state index in [4.69, 9.17) is 0 Å². The van der Waals surface area contributed by atoms with Crippen LogP contribution in [-0.4, -0.2) is 71.7 Å². The van der Waals surface area contributed by atoms with Crippen LogP contribution < -0.4 is 16.0 Å². The predicted molar refractivity (Wildman–Crippen MR) is 113 cm³/mol. The Kier molecular flexibility index (Phi) is 7.15. The molecule has 3 rings (SSSR count). The van der Waals surface area contributed by atoms with Gasteiger partial charge in [-0.2, -0.15) is 0 Å². The molecule has 0 spiro atoms.